The highest BCUT2D eigenvalue weighted by molar-refractivity contribution is 5.44. The van der Waals surface area contributed by atoms with E-state index in [1.165, 1.54) is 12.1 Å². The first-order valence-electron chi connectivity index (χ1n) is 5.56. The van der Waals surface area contributed by atoms with E-state index in [2.05, 4.69) is 5.32 Å². The van der Waals surface area contributed by atoms with Crippen molar-refractivity contribution in [3.05, 3.63) is 29.8 Å². The molecule has 1 atom stereocenters. The molecule has 5 heteroatoms. The number of nitrogens with two attached hydrogens (primary N) is 1. The Hall–Kier alpha value is -1.23. The van der Waals surface area contributed by atoms with Gasteiger partial charge in [0.1, 0.15) is 0 Å². The lowest BCUT2D eigenvalue weighted by atomic mass is 10.2. The lowest BCUT2D eigenvalue weighted by molar-refractivity contribution is -0.137. The van der Waals surface area contributed by atoms with Crippen LogP contribution in [-0.2, 0) is 6.18 Å². The molecule has 0 aliphatic rings. The summed E-state index contributed by atoms with van der Waals surface area (Å²) in [5.41, 5.74) is 5.66. The summed E-state index contributed by atoms with van der Waals surface area (Å²) >= 11 is 0. The minimum absolute atomic E-state index is 0.157. The Morgan fingerprint density at radius 2 is 1.82 bits per heavy atom. The lowest BCUT2D eigenvalue weighted by Gasteiger charge is -2.10. The first-order chi connectivity index (χ1) is 7.89. The zero-order chi connectivity index (χ0) is 12.9. The van der Waals surface area contributed by atoms with Crippen LogP contribution in [0.2, 0.25) is 0 Å². The third-order valence-electron chi connectivity index (χ3n) is 2.38. The number of benzene rings is 1. The van der Waals surface area contributed by atoms with E-state index in [0.717, 1.165) is 25.0 Å². The van der Waals surface area contributed by atoms with Gasteiger partial charge in [-0.05, 0) is 44.0 Å². The molecule has 0 amide bonds. The normalized spacial score (nSPS) is 13.5. The molecule has 0 aromatic heterocycles. The summed E-state index contributed by atoms with van der Waals surface area (Å²) in [6, 6.07) is 5.19. The van der Waals surface area contributed by atoms with Crippen LogP contribution in [0.5, 0.6) is 0 Å². The highest BCUT2D eigenvalue weighted by Gasteiger charge is 2.29. The van der Waals surface area contributed by atoms with E-state index in [0.29, 0.717) is 12.2 Å². The Labute approximate surface area is 99.0 Å². The van der Waals surface area contributed by atoms with Crippen LogP contribution in [0.15, 0.2) is 24.3 Å². The van der Waals surface area contributed by atoms with Crippen LogP contribution in [0.3, 0.4) is 0 Å². The van der Waals surface area contributed by atoms with Crippen molar-refractivity contribution in [1.29, 1.82) is 0 Å². The Balaban J connectivity index is 2.41. The van der Waals surface area contributed by atoms with Crippen LogP contribution in [-0.4, -0.2) is 12.6 Å². The highest BCUT2D eigenvalue weighted by Crippen LogP contribution is 2.29. The maximum absolute atomic E-state index is 12.3. The monoisotopic (exact) mass is 246 g/mol. The van der Waals surface area contributed by atoms with E-state index >= 15 is 0 Å². The van der Waals surface area contributed by atoms with Gasteiger partial charge < -0.3 is 11.1 Å². The first kappa shape index (κ1) is 13.8. The summed E-state index contributed by atoms with van der Waals surface area (Å²) in [5, 5.41) is 3.06. The number of hydrogen-bond acceptors (Lipinski definition) is 2. The lowest BCUT2D eigenvalue weighted by Crippen LogP contribution is -2.16. The van der Waals surface area contributed by atoms with Gasteiger partial charge in [-0.15, -0.1) is 0 Å². The number of anilines is 1. The number of halogens is 3. The molecule has 3 N–H and O–H groups in total. The molecule has 0 aliphatic heterocycles. The Morgan fingerprint density at radius 1 is 1.24 bits per heavy atom. The van der Waals surface area contributed by atoms with Crippen molar-refractivity contribution < 1.29 is 13.2 Å². The quantitative estimate of drug-likeness (QED) is 0.783. The predicted octanol–water partition coefficient (Wildman–Crippen LogP) is 3.24. The zero-order valence-electron chi connectivity index (χ0n) is 9.72. The van der Waals surface area contributed by atoms with Gasteiger partial charge in [0.2, 0.25) is 0 Å². The predicted molar refractivity (Wildman–Crippen MR) is 62.8 cm³/mol. The fourth-order valence-corrected chi connectivity index (χ4v) is 1.43. The molecule has 0 saturated carbocycles. The van der Waals surface area contributed by atoms with Crippen LogP contribution in [0.1, 0.15) is 25.3 Å². The Morgan fingerprint density at radius 3 is 2.29 bits per heavy atom. The van der Waals surface area contributed by atoms with Gasteiger partial charge in [-0.1, -0.05) is 0 Å². The molecule has 0 fully saturated rings. The van der Waals surface area contributed by atoms with Crippen molar-refractivity contribution in [2.75, 3.05) is 11.9 Å². The summed E-state index contributed by atoms with van der Waals surface area (Å²) in [6.07, 6.45) is -2.47. The van der Waals surface area contributed by atoms with Gasteiger partial charge >= 0.3 is 6.18 Å². The van der Waals surface area contributed by atoms with Gasteiger partial charge in [-0.2, -0.15) is 13.2 Å². The molecule has 1 aromatic carbocycles. The molecule has 96 valence electrons. The average molecular weight is 246 g/mol. The highest BCUT2D eigenvalue weighted by atomic mass is 19.4. The molecule has 2 nitrogen and oxygen atoms in total. The van der Waals surface area contributed by atoms with Gasteiger partial charge in [0, 0.05) is 18.3 Å². The molecular weight excluding hydrogens is 229 g/mol. The Bertz CT molecular complexity index is 331. The van der Waals surface area contributed by atoms with E-state index in [1.807, 2.05) is 6.92 Å². The van der Waals surface area contributed by atoms with Gasteiger partial charge in [0.05, 0.1) is 5.56 Å². The second kappa shape index (κ2) is 5.91. The van der Waals surface area contributed by atoms with E-state index in [-0.39, 0.29) is 6.04 Å². The number of rotatable bonds is 5. The van der Waals surface area contributed by atoms with Crippen LogP contribution in [0.25, 0.3) is 0 Å². The van der Waals surface area contributed by atoms with Crippen LogP contribution >= 0.6 is 0 Å². The molecule has 17 heavy (non-hydrogen) atoms. The van der Waals surface area contributed by atoms with E-state index < -0.39 is 11.7 Å². The van der Waals surface area contributed by atoms with Crippen molar-refractivity contribution in [3.63, 3.8) is 0 Å². The topological polar surface area (TPSA) is 38.0 Å². The minimum Gasteiger partial charge on any atom is -0.385 e. The fourth-order valence-electron chi connectivity index (χ4n) is 1.43. The van der Waals surface area contributed by atoms with Crippen molar-refractivity contribution >= 4 is 5.69 Å². The number of alkyl halides is 3. The van der Waals surface area contributed by atoms with E-state index in [9.17, 15) is 13.2 Å². The standard InChI is InChI=1S/C12H17F3N2/c1-9(16)3-2-8-17-11-6-4-10(5-7-11)12(13,14)15/h4-7,9,17H,2-3,8,16H2,1H3. The molecule has 0 saturated heterocycles. The summed E-state index contributed by atoms with van der Waals surface area (Å²) in [6.45, 7) is 2.64. The van der Waals surface area contributed by atoms with Crippen LogP contribution in [0.4, 0.5) is 18.9 Å². The van der Waals surface area contributed by atoms with E-state index in [4.69, 9.17) is 5.73 Å². The molecule has 0 aliphatic carbocycles. The summed E-state index contributed by atoms with van der Waals surface area (Å²) in [4.78, 5) is 0. The third-order valence-corrected chi connectivity index (χ3v) is 2.38. The van der Waals surface area contributed by atoms with Crippen LogP contribution < -0.4 is 11.1 Å². The molecule has 0 heterocycles. The summed E-state index contributed by atoms with van der Waals surface area (Å²) in [7, 11) is 0. The van der Waals surface area contributed by atoms with Gasteiger partial charge in [0.15, 0.2) is 0 Å². The van der Waals surface area contributed by atoms with E-state index in [1.54, 1.807) is 0 Å². The second-order valence-electron chi connectivity index (χ2n) is 4.12. The average Bonchev–Trinajstić information content (AvgIpc) is 2.23. The van der Waals surface area contributed by atoms with Gasteiger partial charge in [-0.25, -0.2) is 0 Å². The smallest absolute Gasteiger partial charge is 0.385 e. The summed E-state index contributed by atoms with van der Waals surface area (Å²) in [5.74, 6) is 0. The number of nitrogens with one attached hydrogen (secondary N) is 1. The van der Waals surface area contributed by atoms with Crippen molar-refractivity contribution in [2.45, 2.75) is 32.0 Å². The minimum atomic E-state index is -4.27. The second-order valence-corrected chi connectivity index (χ2v) is 4.12. The van der Waals surface area contributed by atoms with Crippen molar-refractivity contribution in [2.24, 2.45) is 5.73 Å². The largest absolute Gasteiger partial charge is 0.416 e. The molecular formula is C12H17F3N2. The molecule has 0 radical (unpaired) electrons. The van der Waals surface area contributed by atoms with Crippen LogP contribution in [0, 0.1) is 0 Å². The third kappa shape index (κ3) is 5.08. The van der Waals surface area contributed by atoms with Gasteiger partial charge in [-0.3, -0.25) is 0 Å². The Kier molecular flexibility index (Phi) is 4.81. The zero-order valence-corrected chi connectivity index (χ0v) is 9.72. The summed E-state index contributed by atoms with van der Waals surface area (Å²) < 4.78 is 36.8. The molecule has 0 bridgehead atoms. The van der Waals surface area contributed by atoms with Crippen molar-refractivity contribution in [1.82, 2.24) is 0 Å². The maximum Gasteiger partial charge on any atom is 0.416 e. The first-order valence-corrected chi connectivity index (χ1v) is 5.56. The molecule has 1 unspecified atom stereocenters. The molecule has 1 aromatic rings. The SMILES string of the molecule is CC(N)CCCNc1ccc(C(F)(F)F)cc1. The fraction of sp³-hybridized carbons (Fsp3) is 0.500. The van der Waals surface area contributed by atoms with Gasteiger partial charge in [0.25, 0.3) is 0 Å². The molecule has 1 rings (SSSR count). The molecule has 0 spiro atoms. The maximum atomic E-state index is 12.3. The van der Waals surface area contributed by atoms with Crippen molar-refractivity contribution in [3.8, 4) is 0 Å². The number of hydrogen-bond donors (Lipinski definition) is 2.